The van der Waals surface area contributed by atoms with Crippen molar-refractivity contribution in [3.63, 3.8) is 0 Å². The number of anilines is 2. The predicted octanol–water partition coefficient (Wildman–Crippen LogP) is 2.69. The fraction of sp³-hybridized carbons (Fsp3) is 0.235. The van der Waals surface area contributed by atoms with Crippen LogP contribution in [-0.2, 0) is 11.3 Å². The largest absolute Gasteiger partial charge is 0.366 e. The van der Waals surface area contributed by atoms with Gasteiger partial charge in [0.15, 0.2) is 0 Å². The van der Waals surface area contributed by atoms with Gasteiger partial charge >= 0.3 is 0 Å². The molecule has 0 radical (unpaired) electrons. The first-order chi connectivity index (χ1) is 10.8. The van der Waals surface area contributed by atoms with Gasteiger partial charge in [-0.1, -0.05) is 12.1 Å². The zero-order valence-corrected chi connectivity index (χ0v) is 12.1. The van der Waals surface area contributed by atoms with Crippen molar-refractivity contribution in [1.29, 1.82) is 5.26 Å². The number of carbonyl (C=O) groups excluding carboxylic acids is 1. The summed E-state index contributed by atoms with van der Waals surface area (Å²) in [6.07, 6.45) is 3.13. The van der Waals surface area contributed by atoms with E-state index in [2.05, 4.69) is 10.3 Å². The molecule has 1 saturated heterocycles. The summed E-state index contributed by atoms with van der Waals surface area (Å²) in [6.45, 7) is 1.46. The van der Waals surface area contributed by atoms with Crippen LogP contribution >= 0.6 is 0 Å². The van der Waals surface area contributed by atoms with E-state index in [1.165, 1.54) is 0 Å². The molecule has 110 valence electrons. The van der Waals surface area contributed by atoms with Crippen LogP contribution in [0, 0.1) is 11.3 Å². The molecule has 2 heterocycles. The Morgan fingerprint density at radius 3 is 2.64 bits per heavy atom. The van der Waals surface area contributed by atoms with Gasteiger partial charge in [0.2, 0.25) is 5.91 Å². The normalized spacial score (nSPS) is 14.0. The summed E-state index contributed by atoms with van der Waals surface area (Å²) in [7, 11) is 0. The van der Waals surface area contributed by atoms with E-state index in [1.807, 2.05) is 35.2 Å². The molecule has 0 bridgehead atoms. The highest BCUT2D eigenvalue weighted by Crippen LogP contribution is 2.21. The van der Waals surface area contributed by atoms with Gasteiger partial charge in [0.25, 0.3) is 0 Å². The minimum Gasteiger partial charge on any atom is -0.366 e. The minimum atomic E-state index is 0.202. The van der Waals surface area contributed by atoms with E-state index in [9.17, 15) is 4.79 Å². The van der Waals surface area contributed by atoms with E-state index < -0.39 is 0 Å². The van der Waals surface area contributed by atoms with E-state index in [0.29, 0.717) is 18.5 Å². The van der Waals surface area contributed by atoms with Crippen LogP contribution in [0.1, 0.15) is 24.0 Å². The molecular weight excluding hydrogens is 276 g/mol. The van der Waals surface area contributed by atoms with Gasteiger partial charge < -0.3 is 10.2 Å². The lowest BCUT2D eigenvalue weighted by Crippen LogP contribution is -2.23. The van der Waals surface area contributed by atoms with Crippen LogP contribution in [0.5, 0.6) is 0 Å². The van der Waals surface area contributed by atoms with Crippen LogP contribution in [0.15, 0.2) is 42.6 Å². The Bertz CT molecular complexity index is 701. The topological polar surface area (TPSA) is 69.0 Å². The summed E-state index contributed by atoms with van der Waals surface area (Å²) in [5, 5.41) is 11.9. The average Bonchev–Trinajstić information content (AvgIpc) is 3.00. The standard InChI is InChI=1S/C17H16N4O/c18-10-14-5-8-16(20-12-14)19-11-13-3-6-15(7-4-13)21-9-1-2-17(21)22/h3-8,12H,1-2,9,11H2,(H,19,20). The molecule has 1 fully saturated rings. The molecule has 22 heavy (non-hydrogen) atoms. The average molecular weight is 292 g/mol. The number of nitriles is 1. The van der Waals surface area contributed by atoms with Crippen LogP contribution in [0.4, 0.5) is 11.5 Å². The van der Waals surface area contributed by atoms with Gasteiger partial charge in [0.05, 0.1) is 5.56 Å². The molecule has 0 spiro atoms. The van der Waals surface area contributed by atoms with Gasteiger partial charge in [-0.05, 0) is 36.2 Å². The van der Waals surface area contributed by atoms with Crippen molar-refractivity contribution >= 4 is 17.4 Å². The number of hydrogen-bond donors (Lipinski definition) is 1. The number of carbonyl (C=O) groups is 1. The Labute approximate surface area is 129 Å². The fourth-order valence-electron chi connectivity index (χ4n) is 2.47. The number of nitrogens with zero attached hydrogens (tertiary/aromatic N) is 3. The Balaban J connectivity index is 1.61. The van der Waals surface area contributed by atoms with E-state index in [4.69, 9.17) is 5.26 Å². The second-order valence-electron chi connectivity index (χ2n) is 5.21. The number of amides is 1. The maximum absolute atomic E-state index is 11.7. The van der Waals surface area contributed by atoms with Crippen LogP contribution in [0.3, 0.4) is 0 Å². The summed E-state index contributed by atoms with van der Waals surface area (Å²) < 4.78 is 0. The lowest BCUT2D eigenvalue weighted by atomic mass is 10.2. The first-order valence-corrected chi connectivity index (χ1v) is 7.25. The molecule has 1 N–H and O–H groups in total. The third-order valence-electron chi connectivity index (χ3n) is 3.69. The lowest BCUT2D eigenvalue weighted by Gasteiger charge is -2.16. The molecule has 0 atom stereocenters. The quantitative estimate of drug-likeness (QED) is 0.940. The monoisotopic (exact) mass is 292 g/mol. The molecule has 5 nitrogen and oxygen atoms in total. The Morgan fingerprint density at radius 1 is 1.23 bits per heavy atom. The van der Waals surface area contributed by atoms with Gasteiger partial charge in [0, 0.05) is 31.4 Å². The van der Waals surface area contributed by atoms with E-state index in [0.717, 1.165) is 30.0 Å². The summed E-state index contributed by atoms with van der Waals surface area (Å²) in [4.78, 5) is 17.7. The van der Waals surface area contributed by atoms with Crippen LogP contribution in [-0.4, -0.2) is 17.4 Å². The summed E-state index contributed by atoms with van der Waals surface area (Å²) in [6, 6.07) is 13.5. The molecule has 1 aromatic carbocycles. The SMILES string of the molecule is N#Cc1ccc(NCc2ccc(N3CCCC3=O)cc2)nc1. The molecule has 1 aliphatic heterocycles. The van der Waals surface area contributed by atoms with Crippen molar-refractivity contribution in [2.45, 2.75) is 19.4 Å². The molecule has 1 aromatic heterocycles. The Morgan fingerprint density at radius 2 is 2.05 bits per heavy atom. The van der Waals surface area contributed by atoms with Gasteiger partial charge in [-0.25, -0.2) is 4.98 Å². The van der Waals surface area contributed by atoms with E-state index in [1.54, 1.807) is 18.3 Å². The molecule has 3 rings (SSSR count). The lowest BCUT2D eigenvalue weighted by molar-refractivity contribution is -0.117. The molecule has 1 amide bonds. The maximum atomic E-state index is 11.7. The predicted molar refractivity (Wildman–Crippen MR) is 84.3 cm³/mol. The fourth-order valence-corrected chi connectivity index (χ4v) is 2.47. The molecule has 1 aliphatic rings. The smallest absolute Gasteiger partial charge is 0.227 e. The number of aromatic nitrogens is 1. The number of hydrogen-bond acceptors (Lipinski definition) is 4. The number of pyridine rings is 1. The Kier molecular flexibility index (Phi) is 4.01. The maximum Gasteiger partial charge on any atom is 0.227 e. The van der Waals surface area contributed by atoms with Crippen molar-refractivity contribution in [2.75, 3.05) is 16.8 Å². The summed E-state index contributed by atoms with van der Waals surface area (Å²) in [5.41, 5.74) is 2.62. The highest BCUT2D eigenvalue weighted by molar-refractivity contribution is 5.95. The van der Waals surface area contributed by atoms with Crippen molar-refractivity contribution in [1.82, 2.24) is 4.98 Å². The highest BCUT2D eigenvalue weighted by atomic mass is 16.2. The van der Waals surface area contributed by atoms with Crippen LogP contribution in [0.2, 0.25) is 0 Å². The molecule has 5 heteroatoms. The summed E-state index contributed by atoms with van der Waals surface area (Å²) in [5.74, 6) is 0.936. The first-order valence-electron chi connectivity index (χ1n) is 7.25. The number of rotatable bonds is 4. The number of nitrogens with one attached hydrogen (secondary N) is 1. The van der Waals surface area contributed by atoms with Gasteiger partial charge in [-0.2, -0.15) is 5.26 Å². The van der Waals surface area contributed by atoms with Crippen LogP contribution < -0.4 is 10.2 Å². The molecule has 0 aliphatic carbocycles. The van der Waals surface area contributed by atoms with E-state index >= 15 is 0 Å². The molecule has 2 aromatic rings. The zero-order chi connectivity index (χ0) is 15.4. The Hall–Kier alpha value is -2.87. The van der Waals surface area contributed by atoms with Gasteiger partial charge in [0.1, 0.15) is 11.9 Å². The van der Waals surface area contributed by atoms with E-state index in [-0.39, 0.29) is 5.91 Å². The van der Waals surface area contributed by atoms with Crippen molar-refractivity contribution < 1.29 is 4.79 Å². The number of benzene rings is 1. The molecule has 0 saturated carbocycles. The highest BCUT2D eigenvalue weighted by Gasteiger charge is 2.21. The van der Waals surface area contributed by atoms with Gasteiger partial charge in [-0.3, -0.25) is 4.79 Å². The van der Waals surface area contributed by atoms with Gasteiger partial charge in [-0.15, -0.1) is 0 Å². The third-order valence-corrected chi connectivity index (χ3v) is 3.69. The second-order valence-corrected chi connectivity index (χ2v) is 5.21. The molecule has 0 unspecified atom stereocenters. The third kappa shape index (κ3) is 3.07. The minimum absolute atomic E-state index is 0.202. The molecular formula is C17H16N4O. The summed E-state index contributed by atoms with van der Waals surface area (Å²) >= 11 is 0. The second kappa shape index (κ2) is 6.27. The zero-order valence-electron chi connectivity index (χ0n) is 12.1. The first kappa shape index (κ1) is 14.1. The van der Waals surface area contributed by atoms with Crippen LogP contribution in [0.25, 0.3) is 0 Å². The van der Waals surface area contributed by atoms with Crippen molar-refractivity contribution in [2.24, 2.45) is 0 Å². The van der Waals surface area contributed by atoms with Crippen molar-refractivity contribution in [3.05, 3.63) is 53.7 Å². The van der Waals surface area contributed by atoms with Crippen molar-refractivity contribution in [3.8, 4) is 6.07 Å².